The molecule has 7 heteroatoms. The summed E-state index contributed by atoms with van der Waals surface area (Å²) < 4.78 is 1.82. The number of likely N-dealkylation sites (N-methyl/N-ethyl adjacent to an activating group) is 1. The molecule has 32 heavy (non-hydrogen) atoms. The van der Waals surface area contributed by atoms with Crippen molar-refractivity contribution in [2.75, 3.05) is 13.6 Å². The van der Waals surface area contributed by atoms with Crippen LogP contribution in [0, 0.1) is 6.92 Å². The molecular formula is C25H26N4O2S. The molecule has 0 aliphatic rings. The molecule has 6 nitrogen and oxygen atoms in total. The second kappa shape index (κ2) is 9.78. The van der Waals surface area contributed by atoms with Gasteiger partial charge >= 0.3 is 0 Å². The van der Waals surface area contributed by atoms with Crippen molar-refractivity contribution in [3.05, 3.63) is 94.8 Å². The van der Waals surface area contributed by atoms with Crippen LogP contribution in [0.25, 0.3) is 4.96 Å². The number of amides is 2. The van der Waals surface area contributed by atoms with Crippen molar-refractivity contribution >= 4 is 28.1 Å². The molecule has 0 bridgehead atoms. The minimum absolute atomic E-state index is 0.0236. The Kier molecular flexibility index (Phi) is 6.66. The van der Waals surface area contributed by atoms with Gasteiger partial charge in [-0.05, 0) is 37.5 Å². The van der Waals surface area contributed by atoms with Crippen LogP contribution in [-0.4, -0.2) is 45.7 Å². The first-order chi connectivity index (χ1) is 15.5. The molecule has 1 N–H and O–H groups in total. The number of nitrogens with zero attached hydrogens (tertiary/aromatic N) is 3. The van der Waals surface area contributed by atoms with Gasteiger partial charge in [-0.25, -0.2) is 4.98 Å². The van der Waals surface area contributed by atoms with Gasteiger partial charge in [0, 0.05) is 36.8 Å². The van der Waals surface area contributed by atoms with Crippen molar-refractivity contribution in [1.82, 2.24) is 19.6 Å². The van der Waals surface area contributed by atoms with Crippen LogP contribution in [0.2, 0.25) is 0 Å². The molecule has 2 heterocycles. The summed E-state index contributed by atoms with van der Waals surface area (Å²) >= 11 is 1.50. The standard InChI is InChI=1S/C25H26N4O2S/c1-18-22(29-15-16-32-25(29)27-18)23(30)26-14-13-21(17-19-9-5-3-6-10-19)28(2)24(31)20-11-7-4-8-12-20/h3-12,15-16,21H,13-14,17H2,1-2H3,(H,26,30). The smallest absolute Gasteiger partial charge is 0.270 e. The lowest BCUT2D eigenvalue weighted by Gasteiger charge is -2.29. The van der Waals surface area contributed by atoms with Crippen LogP contribution in [0.5, 0.6) is 0 Å². The number of thiazole rings is 1. The van der Waals surface area contributed by atoms with Gasteiger partial charge in [0.2, 0.25) is 0 Å². The monoisotopic (exact) mass is 446 g/mol. The lowest BCUT2D eigenvalue weighted by atomic mass is 10.0. The zero-order valence-electron chi connectivity index (χ0n) is 18.2. The van der Waals surface area contributed by atoms with Crippen LogP contribution < -0.4 is 5.32 Å². The third-order valence-electron chi connectivity index (χ3n) is 5.62. The molecule has 1 atom stereocenters. The van der Waals surface area contributed by atoms with Crippen LogP contribution in [0.3, 0.4) is 0 Å². The van der Waals surface area contributed by atoms with Crippen LogP contribution >= 0.6 is 11.3 Å². The molecule has 4 aromatic rings. The van der Waals surface area contributed by atoms with E-state index in [9.17, 15) is 9.59 Å². The first-order valence-electron chi connectivity index (χ1n) is 10.6. The van der Waals surface area contributed by atoms with Crippen molar-refractivity contribution in [3.8, 4) is 0 Å². The van der Waals surface area contributed by atoms with E-state index < -0.39 is 0 Å². The van der Waals surface area contributed by atoms with Gasteiger partial charge < -0.3 is 10.2 Å². The van der Waals surface area contributed by atoms with E-state index in [0.717, 1.165) is 10.5 Å². The van der Waals surface area contributed by atoms with Crippen LogP contribution in [-0.2, 0) is 6.42 Å². The molecule has 2 aromatic carbocycles. The van der Waals surface area contributed by atoms with E-state index in [0.29, 0.717) is 36.3 Å². The molecule has 0 aliphatic carbocycles. The maximum Gasteiger partial charge on any atom is 0.270 e. The average molecular weight is 447 g/mol. The van der Waals surface area contributed by atoms with Crippen molar-refractivity contribution in [1.29, 1.82) is 0 Å². The fourth-order valence-corrected chi connectivity index (χ4v) is 4.63. The summed E-state index contributed by atoms with van der Waals surface area (Å²) in [6.07, 6.45) is 3.21. The fraction of sp³-hybridized carbons (Fsp3) is 0.240. The second-order valence-corrected chi connectivity index (χ2v) is 8.64. The number of hydrogen-bond donors (Lipinski definition) is 1. The number of hydrogen-bond acceptors (Lipinski definition) is 4. The zero-order valence-corrected chi connectivity index (χ0v) is 19.0. The molecule has 0 radical (unpaired) electrons. The summed E-state index contributed by atoms with van der Waals surface area (Å²) in [4.78, 5) is 32.9. The first kappa shape index (κ1) is 21.8. The fourth-order valence-electron chi connectivity index (χ4n) is 3.87. The Morgan fingerprint density at radius 3 is 2.50 bits per heavy atom. The zero-order chi connectivity index (χ0) is 22.5. The van der Waals surface area contributed by atoms with E-state index in [4.69, 9.17) is 0 Å². The number of fused-ring (bicyclic) bond motifs is 1. The molecule has 0 spiro atoms. The topological polar surface area (TPSA) is 66.7 Å². The summed E-state index contributed by atoms with van der Waals surface area (Å²) in [5.41, 5.74) is 3.09. The summed E-state index contributed by atoms with van der Waals surface area (Å²) in [5.74, 6) is -0.173. The van der Waals surface area contributed by atoms with Crippen molar-refractivity contribution in [3.63, 3.8) is 0 Å². The highest BCUT2D eigenvalue weighted by atomic mass is 32.1. The number of aromatic nitrogens is 2. The maximum atomic E-state index is 13.0. The Labute approximate surface area is 191 Å². The number of aryl methyl sites for hydroxylation is 1. The number of rotatable bonds is 8. The van der Waals surface area contributed by atoms with Gasteiger partial charge in [0.25, 0.3) is 11.8 Å². The van der Waals surface area contributed by atoms with E-state index in [1.165, 1.54) is 11.3 Å². The number of nitrogens with one attached hydrogen (secondary N) is 1. The quantitative estimate of drug-likeness (QED) is 0.441. The Morgan fingerprint density at radius 2 is 1.78 bits per heavy atom. The number of imidazole rings is 1. The van der Waals surface area contributed by atoms with E-state index in [1.807, 2.05) is 78.5 Å². The van der Waals surface area contributed by atoms with Gasteiger partial charge in [0.1, 0.15) is 5.69 Å². The molecule has 0 fully saturated rings. The number of carbonyl (C=O) groups is 2. The van der Waals surface area contributed by atoms with Gasteiger partial charge in [-0.1, -0.05) is 48.5 Å². The molecule has 0 aliphatic heterocycles. The van der Waals surface area contributed by atoms with E-state index in [2.05, 4.69) is 22.4 Å². The predicted octanol–water partition coefficient (Wildman–Crippen LogP) is 4.21. The van der Waals surface area contributed by atoms with E-state index >= 15 is 0 Å². The average Bonchev–Trinajstić information content (AvgIpc) is 3.38. The Morgan fingerprint density at radius 1 is 1.09 bits per heavy atom. The summed E-state index contributed by atoms with van der Waals surface area (Å²) in [6.45, 7) is 2.30. The van der Waals surface area contributed by atoms with Gasteiger partial charge in [-0.15, -0.1) is 11.3 Å². The molecule has 4 rings (SSSR count). The highest BCUT2D eigenvalue weighted by Crippen LogP contribution is 2.17. The van der Waals surface area contributed by atoms with Crippen molar-refractivity contribution < 1.29 is 9.59 Å². The normalized spacial score (nSPS) is 11.9. The molecule has 0 saturated heterocycles. The SMILES string of the molecule is Cc1nc2sccn2c1C(=O)NCCC(Cc1ccccc1)N(C)C(=O)c1ccccc1. The second-order valence-electron chi connectivity index (χ2n) is 7.77. The molecule has 1 unspecified atom stereocenters. The molecule has 0 saturated carbocycles. The maximum absolute atomic E-state index is 13.0. The molecule has 164 valence electrons. The third-order valence-corrected chi connectivity index (χ3v) is 6.37. The highest BCUT2D eigenvalue weighted by Gasteiger charge is 2.23. The lowest BCUT2D eigenvalue weighted by Crippen LogP contribution is -2.41. The predicted molar refractivity (Wildman–Crippen MR) is 127 cm³/mol. The minimum Gasteiger partial charge on any atom is -0.351 e. The Bertz CT molecular complexity index is 1200. The molecule has 2 aromatic heterocycles. The van der Waals surface area contributed by atoms with Gasteiger partial charge in [0.15, 0.2) is 4.96 Å². The van der Waals surface area contributed by atoms with Gasteiger partial charge in [-0.2, -0.15) is 0 Å². The van der Waals surface area contributed by atoms with Gasteiger partial charge in [-0.3, -0.25) is 14.0 Å². The van der Waals surface area contributed by atoms with E-state index in [-0.39, 0.29) is 17.9 Å². The van der Waals surface area contributed by atoms with Crippen LogP contribution in [0.4, 0.5) is 0 Å². The first-order valence-corrected chi connectivity index (χ1v) is 11.5. The highest BCUT2D eigenvalue weighted by molar-refractivity contribution is 7.15. The van der Waals surface area contributed by atoms with E-state index in [1.54, 1.807) is 4.90 Å². The van der Waals surface area contributed by atoms with Crippen LogP contribution in [0.1, 0.15) is 38.5 Å². The molecular weight excluding hydrogens is 420 g/mol. The Hall–Kier alpha value is -3.45. The summed E-state index contributed by atoms with van der Waals surface area (Å²) in [6, 6.07) is 19.3. The third kappa shape index (κ3) is 4.73. The van der Waals surface area contributed by atoms with Gasteiger partial charge in [0.05, 0.1) is 5.69 Å². The minimum atomic E-state index is -0.149. The largest absolute Gasteiger partial charge is 0.351 e. The number of benzene rings is 2. The molecule has 2 amide bonds. The number of carbonyl (C=O) groups excluding carboxylic acids is 2. The summed E-state index contributed by atoms with van der Waals surface area (Å²) in [5, 5.41) is 4.94. The van der Waals surface area contributed by atoms with Crippen molar-refractivity contribution in [2.45, 2.75) is 25.8 Å². The lowest BCUT2D eigenvalue weighted by molar-refractivity contribution is 0.0723. The van der Waals surface area contributed by atoms with Crippen LogP contribution in [0.15, 0.2) is 72.2 Å². The Balaban J connectivity index is 1.46. The van der Waals surface area contributed by atoms with Crippen molar-refractivity contribution in [2.24, 2.45) is 0 Å². The summed E-state index contributed by atoms with van der Waals surface area (Å²) in [7, 11) is 1.83.